The minimum Gasteiger partial charge on any atom is -0.355 e. The van der Waals surface area contributed by atoms with Crippen LogP contribution in [0.15, 0.2) is 0 Å². The van der Waals surface area contributed by atoms with Crippen LogP contribution in [0.4, 0.5) is 0 Å². The first-order valence-electron chi connectivity index (χ1n) is 6.00. The number of carbonyl (C=O) groups is 1. The molecule has 4 nitrogen and oxygen atoms in total. The summed E-state index contributed by atoms with van der Waals surface area (Å²) in [5.74, 6) is 0. The zero-order valence-electron chi connectivity index (χ0n) is 9.19. The van der Waals surface area contributed by atoms with E-state index in [1.54, 1.807) is 0 Å². The molecule has 2 fully saturated rings. The van der Waals surface area contributed by atoms with Gasteiger partial charge < -0.3 is 5.32 Å². The molecule has 1 amide bonds. The molecule has 1 radical (unpaired) electrons. The van der Waals surface area contributed by atoms with E-state index in [9.17, 15) is 4.79 Å². The molecule has 2 heterocycles. The van der Waals surface area contributed by atoms with Crippen LogP contribution in [-0.2, 0) is 4.79 Å². The van der Waals surface area contributed by atoms with E-state index < -0.39 is 0 Å². The zero-order valence-corrected chi connectivity index (χ0v) is 9.19. The van der Waals surface area contributed by atoms with E-state index in [1.807, 2.05) is 0 Å². The first-order chi connectivity index (χ1) is 7.40. The van der Waals surface area contributed by atoms with Gasteiger partial charge >= 0.3 is 0 Å². The van der Waals surface area contributed by atoms with Crippen LogP contribution in [0.2, 0.25) is 0 Å². The van der Waals surface area contributed by atoms with E-state index in [4.69, 9.17) is 0 Å². The summed E-state index contributed by atoms with van der Waals surface area (Å²) in [7, 11) is 0. The number of piperidine rings is 2. The fourth-order valence-corrected chi connectivity index (χ4v) is 2.58. The van der Waals surface area contributed by atoms with Gasteiger partial charge in [0.05, 0.1) is 6.17 Å². The molecule has 15 heavy (non-hydrogen) atoms. The van der Waals surface area contributed by atoms with Crippen molar-refractivity contribution in [1.29, 1.82) is 0 Å². The lowest BCUT2D eigenvalue weighted by Gasteiger charge is -2.39. The molecule has 0 saturated carbocycles. The van der Waals surface area contributed by atoms with Gasteiger partial charge in [-0.05, 0) is 38.6 Å². The summed E-state index contributed by atoms with van der Waals surface area (Å²) in [5.41, 5.74) is 0. The second-order valence-corrected chi connectivity index (χ2v) is 4.50. The molecule has 1 N–H and O–H groups in total. The summed E-state index contributed by atoms with van der Waals surface area (Å²) in [5, 5.41) is 7.55. The summed E-state index contributed by atoms with van der Waals surface area (Å²) < 4.78 is 0. The highest BCUT2D eigenvalue weighted by Gasteiger charge is 2.26. The molecule has 2 unspecified atom stereocenters. The average Bonchev–Trinajstić information content (AvgIpc) is 2.31. The van der Waals surface area contributed by atoms with Gasteiger partial charge in [-0.1, -0.05) is 0 Å². The Morgan fingerprint density at radius 1 is 1.27 bits per heavy atom. The minimum absolute atomic E-state index is 0.341. The Balaban J connectivity index is 1.82. The molecule has 0 aromatic heterocycles. The molecule has 0 aliphatic carbocycles. The van der Waals surface area contributed by atoms with Crippen molar-refractivity contribution < 1.29 is 4.79 Å². The molecule has 0 aromatic carbocycles. The van der Waals surface area contributed by atoms with Crippen molar-refractivity contribution >= 4 is 6.41 Å². The summed E-state index contributed by atoms with van der Waals surface area (Å²) in [6.07, 6.45) is 7.30. The van der Waals surface area contributed by atoms with Crippen molar-refractivity contribution in [1.82, 2.24) is 15.5 Å². The smallest absolute Gasteiger partial charge is 0.207 e. The molecule has 2 aliphatic rings. The Morgan fingerprint density at radius 3 is 2.93 bits per heavy atom. The molecule has 2 rings (SSSR count). The molecule has 0 spiro atoms. The molecule has 4 heteroatoms. The third-order valence-electron chi connectivity index (χ3n) is 3.39. The van der Waals surface area contributed by atoms with Crippen LogP contribution < -0.4 is 10.6 Å². The van der Waals surface area contributed by atoms with E-state index in [0.29, 0.717) is 12.2 Å². The fraction of sp³-hybridized carbons (Fsp3) is 0.909. The quantitative estimate of drug-likeness (QED) is 0.682. The summed E-state index contributed by atoms with van der Waals surface area (Å²) in [4.78, 5) is 12.8. The minimum atomic E-state index is 0.341. The normalized spacial score (nSPS) is 33.6. The number of rotatable bonds is 3. The first kappa shape index (κ1) is 10.9. The van der Waals surface area contributed by atoms with Gasteiger partial charge in [-0.15, -0.1) is 0 Å². The van der Waals surface area contributed by atoms with Crippen LogP contribution in [0, 0.1) is 0 Å². The fourth-order valence-electron chi connectivity index (χ4n) is 2.58. The lowest BCUT2D eigenvalue weighted by Crippen LogP contribution is -2.53. The molecule has 85 valence electrons. The van der Waals surface area contributed by atoms with E-state index >= 15 is 0 Å². The van der Waals surface area contributed by atoms with Crippen LogP contribution in [0.3, 0.4) is 0 Å². The van der Waals surface area contributed by atoms with Gasteiger partial charge in [0.15, 0.2) is 0 Å². The van der Waals surface area contributed by atoms with Gasteiger partial charge in [-0.2, -0.15) is 0 Å². The van der Waals surface area contributed by atoms with Crippen molar-refractivity contribution in [2.24, 2.45) is 0 Å². The SMILES string of the molecule is O=CNC1CCCN(C2CCCC[N]2)C1. The van der Waals surface area contributed by atoms with Crippen LogP contribution in [0.25, 0.3) is 0 Å². The molecule has 0 aromatic rings. The number of carbonyl (C=O) groups excluding carboxylic acids is 1. The van der Waals surface area contributed by atoms with E-state index in [0.717, 1.165) is 32.5 Å². The summed E-state index contributed by atoms with van der Waals surface area (Å²) >= 11 is 0. The lowest BCUT2D eigenvalue weighted by atomic mass is 10.0. The third kappa shape index (κ3) is 2.92. The second kappa shape index (κ2) is 5.47. The highest BCUT2D eigenvalue weighted by molar-refractivity contribution is 5.46. The predicted octanol–water partition coefficient (Wildman–Crippen LogP) is 0.311. The monoisotopic (exact) mass is 210 g/mol. The maximum absolute atomic E-state index is 10.4. The van der Waals surface area contributed by atoms with Crippen molar-refractivity contribution in [3.05, 3.63) is 0 Å². The number of nitrogens with zero attached hydrogens (tertiary/aromatic N) is 2. The van der Waals surface area contributed by atoms with E-state index in [2.05, 4.69) is 15.5 Å². The van der Waals surface area contributed by atoms with Gasteiger partial charge in [-0.25, -0.2) is 5.32 Å². The Labute approximate surface area is 91.4 Å². The van der Waals surface area contributed by atoms with Gasteiger partial charge in [0, 0.05) is 19.1 Å². The summed E-state index contributed by atoms with van der Waals surface area (Å²) in [6, 6.07) is 0.341. The number of amides is 1. The Bertz CT molecular complexity index is 204. The van der Waals surface area contributed by atoms with E-state index in [-0.39, 0.29) is 0 Å². The Morgan fingerprint density at radius 2 is 2.20 bits per heavy atom. The molecule has 0 bridgehead atoms. The van der Waals surface area contributed by atoms with Crippen LogP contribution in [0.5, 0.6) is 0 Å². The van der Waals surface area contributed by atoms with Crippen LogP contribution >= 0.6 is 0 Å². The van der Waals surface area contributed by atoms with Crippen molar-refractivity contribution in [3.8, 4) is 0 Å². The lowest BCUT2D eigenvalue weighted by molar-refractivity contribution is -0.110. The number of likely N-dealkylation sites (tertiary alicyclic amines) is 1. The number of hydrogen-bond donors (Lipinski definition) is 1. The first-order valence-corrected chi connectivity index (χ1v) is 6.00. The molecule has 2 saturated heterocycles. The molecular weight excluding hydrogens is 190 g/mol. The number of hydrogen-bond acceptors (Lipinski definition) is 2. The predicted molar refractivity (Wildman–Crippen MR) is 58.4 cm³/mol. The highest BCUT2D eigenvalue weighted by atomic mass is 16.1. The highest BCUT2D eigenvalue weighted by Crippen LogP contribution is 2.18. The van der Waals surface area contributed by atoms with Crippen LogP contribution in [0.1, 0.15) is 32.1 Å². The van der Waals surface area contributed by atoms with Gasteiger partial charge in [0.2, 0.25) is 6.41 Å². The summed E-state index contributed by atoms with van der Waals surface area (Å²) in [6.45, 7) is 3.14. The molecule has 2 aliphatic heterocycles. The van der Waals surface area contributed by atoms with Gasteiger partial charge in [0.25, 0.3) is 0 Å². The van der Waals surface area contributed by atoms with E-state index in [1.165, 1.54) is 25.7 Å². The van der Waals surface area contributed by atoms with Crippen molar-refractivity contribution in [2.45, 2.75) is 44.3 Å². The second-order valence-electron chi connectivity index (χ2n) is 4.50. The Hall–Kier alpha value is -0.610. The zero-order chi connectivity index (χ0) is 10.5. The van der Waals surface area contributed by atoms with Crippen molar-refractivity contribution in [2.75, 3.05) is 19.6 Å². The average molecular weight is 210 g/mol. The molecule has 2 atom stereocenters. The standard InChI is InChI=1S/C11H20N3O/c15-9-13-10-4-3-7-14(8-10)11-5-1-2-6-12-11/h9-11H,1-8H2,(H,13,15). The maximum atomic E-state index is 10.4. The van der Waals surface area contributed by atoms with Crippen LogP contribution in [-0.4, -0.2) is 43.2 Å². The topological polar surface area (TPSA) is 46.4 Å². The van der Waals surface area contributed by atoms with Gasteiger partial charge in [0.1, 0.15) is 0 Å². The third-order valence-corrected chi connectivity index (χ3v) is 3.39. The maximum Gasteiger partial charge on any atom is 0.207 e. The van der Waals surface area contributed by atoms with Gasteiger partial charge in [-0.3, -0.25) is 9.69 Å². The largest absolute Gasteiger partial charge is 0.355 e. The van der Waals surface area contributed by atoms with Crippen molar-refractivity contribution in [3.63, 3.8) is 0 Å². The number of nitrogens with one attached hydrogen (secondary N) is 1. The molecular formula is C11H20N3O. The Kier molecular flexibility index (Phi) is 3.97.